The highest BCUT2D eigenvalue weighted by molar-refractivity contribution is 6.32. The lowest BCUT2D eigenvalue weighted by Gasteiger charge is -2.20. The van der Waals surface area contributed by atoms with Crippen molar-refractivity contribution in [3.63, 3.8) is 0 Å². The van der Waals surface area contributed by atoms with Gasteiger partial charge in [-0.05, 0) is 45.4 Å². The fraction of sp³-hybridized carbons (Fsp3) is 0.357. The first-order valence-electron chi connectivity index (χ1n) is 5.79. The van der Waals surface area contributed by atoms with Crippen LogP contribution in [0.4, 0.5) is 4.79 Å². The smallest absolute Gasteiger partial charge is 0.420 e. The normalized spacial score (nSPS) is 11.8. The highest BCUT2D eigenvalue weighted by Gasteiger charge is 2.21. The van der Waals surface area contributed by atoms with Gasteiger partial charge in [-0.2, -0.15) is 0 Å². The number of nitrogens with zero attached hydrogens (tertiary/aromatic N) is 1. The second kappa shape index (κ2) is 4.32. The van der Waals surface area contributed by atoms with E-state index in [1.165, 1.54) is 4.57 Å². The molecule has 0 fully saturated rings. The van der Waals surface area contributed by atoms with Gasteiger partial charge < -0.3 is 4.74 Å². The third-order valence-corrected chi connectivity index (χ3v) is 2.87. The van der Waals surface area contributed by atoms with Crippen LogP contribution in [0.3, 0.4) is 0 Å². The molecule has 0 bridgehead atoms. The predicted octanol–water partition coefficient (Wildman–Crippen LogP) is 4.39. The summed E-state index contributed by atoms with van der Waals surface area (Å²) >= 11 is 6.13. The van der Waals surface area contributed by atoms with Crippen LogP contribution in [0.25, 0.3) is 10.9 Å². The lowest BCUT2D eigenvalue weighted by Crippen LogP contribution is -2.27. The van der Waals surface area contributed by atoms with E-state index in [0.717, 1.165) is 16.5 Å². The first-order valence-corrected chi connectivity index (χ1v) is 6.17. The molecule has 1 heterocycles. The largest absolute Gasteiger partial charge is 0.443 e. The lowest BCUT2D eigenvalue weighted by atomic mass is 10.1. The van der Waals surface area contributed by atoms with Crippen molar-refractivity contribution in [2.45, 2.75) is 33.3 Å². The molecule has 0 aliphatic heterocycles. The molecule has 1 aromatic heterocycles. The van der Waals surface area contributed by atoms with Crippen LogP contribution in [0, 0.1) is 6.92 Å². The number of ether oxygens (including phenoxy) is 1. The predicted molar refractivity (Wildman–Crippen MR) is 73.3 cm³/mol. The number of rotatable bonds is 0. The zero-order valence-corrected chi connectivity index (χ0v) is 11.7. The van der Waals surface area contributed by atoms with Crippen molar-refractivity contribution in [1.82, 2.24) is 4.57 Å². The fourth-order valence-corrected chi connectivity index (χ4v) is 2.11. The van der Waals surface area contributed by atoms with Crippen LogP contribution in [0.2, 0.25) is 5.15 Å². The van der Waals surface area contributed by atoms with Gasteiger partial charge in [0.05, 0.1) is 5.52 Å². The minimum Gasteiger partial charge on any atom is -0.443 e. The molecule has 2 rings (SSSR count). The zero-order chi connectivity index (χ0) is 13.5. The molecule has 0 unspecified atom stereocenters. The topological polar surface area (TPSA) is 31.2 Å². The molecule has 0 radical (unpaired) electrons. The number of carbonyl (C=O) groups is 1. The number of fused-ring (bicyclic) bond motifs is 1. The Bertz CT molecular complexity index is 608. The van der Waals surface area contributed by atoms with Crippen LogP contribution < -0.4 is 0 Å². The van der Waals surface area contributed by atoms with E-state index in [1.54, 1.807) is 6.07 Å². The number of benzene rings is 1. The molecule has 4 heteroatoms. The number of carbonyl (C=O) groups excluding carboxylic acids is 1. The molecule has 0 aliphatic rings. The summed E-state index contributed by atoms with van der Waals surface area (Å²) in [5.41, 5.74) is 1.31. The van der Waals surface area contributed by atoms with Crippen molar-refractivity contribution < 1.29 is 9.53 Å². The second-order valence-corrected chi connectivity index (χ2v) is 5.68. The second-order valence-electron chi connectivity index (χ2n) is 5.29. The Morgan fingerprint density at radius 1 is 1.33 bits per heavy atom. The zero-order valence-electron chi connectivity index (χ0n) is 11.0. The van der Waals surface area contributed by atoms with Gasteiger partial charge in [-0.1, -0.05) is 23.7 Å². The lowest BCUT2D eigenvalue weighted by molar-refractivity contribution is 0.0545. The van der Waals surface area contributed by atoms with Crippen molar-refractivity contribution in [3.8, 4) is 0 Å². The van der Waals surface area contributed by atoms with Gasteiger partial charge >= 0.3 is 6.09 Å². The van der Waals surface area contributed by atoms with Crippen molar-refractivity contribution >= 4 is 28.6 Å². The Labute approximate surface area is 111 Å². The number of hydrogen-bond donors (Lipinski definition) is 0. The molecule has 0 spiro atoms. The van der Waals surface area contributed by atoms with Crippen LogP contribution in [-0.2, 0) is 4.74 Å². The maximum atomic E-state index is 12.1. The van der Waals surface area contributed by atoms with E-state index in [1.807, 2.05) is 45.9 Å². The Morgan fingerprint density at radius 3 is 2.61 bits per heavy atom. The van der Waals surface area contributed by atoms with Gasteiger partial charge in [-0.25, -0.2) is 9.36 Å². The number of halogens is 1. The molecule has 18 heavy (non-hydrogen) atoms. The summed E-state index contributed by atoms with van der Waals surface area (Å²) in [7, 11) is 0. The van der Waals surface area contributed by atoms with Crippen molar-refractivity contribution in [2.75, 3.05) is 0 Å². The number of hydrogen-bond acceptors (Lipinski definition) is 2. The fourth-order valence-electron chi connectivity index (χ4n) is 1.84. The number of aryl methyl sites for hydroxylation is 1. The molecule has 0 saturated heterocycles. The highest BCUT2D eigenvalue weighted by atomic mass is 35.5. The molecule has 0 atom stereocenters. The average Bonchev–Trinajstić information content (AvgIpc) is 2.53. The van der Waals surface area contributed by atoms with Gasteiger partial charge in [0, 0.05) is 5.39 Å². The van der Waals surface area contributed by atoms with Crippen LogP contribution in [0.1, 0.15) is 26.3 Å². The summed E-state index contributed by atoms with van der Waals surface area (Å²) < 4.78 is 6.75. The van der Waals surface area contributed by atoms with Crippen molar-refractivity contribution in [3.05, 3.63) is 35.0 Å². The summed E-state index contributed by atoms with van der Waals surface area (Å²) in [5, 5.41) is 1.34. The van der Waals surface area contributed by atoms with Gasteiger partial charge in [-0.3, -0.25) is 0 Å². The van der Waals surface area contributed by atoms with Crippen molar-refractivity contribution in [2.24, 2.45) is 0 Å². The molecule has 3 nitrogen and oxygen atoms in total. The van der Waals surface area contributed by atoms with E-state index in [0.29, 0.717) is 5.15 Å². The molecule has 1 aromatic carbocycles. The minimum atomic E-state index is -0.541. The Balaban J connectivity index is 2.54. The van der Waals surface area contributed by atoms with Crippen LogP contribution in [-0.4, -0.2) is 16.3 Å². The Kier molecular flexibility index (Phi) is 3.11. The number of aromatic nitrogens is 1. The molecule has 0 N–H and O–H groups in total. The quantitative estimate of drug-likeness (QED) is 0.707. The highest BCUT2D eigenvalue weighted by Crippen LogP contribution is 2.27. The third-order valence-electron chi connectivity index (χ3n) is 2.60. The molecule has 96 valence electrons. The third kappa shape index (κ3) is 2.36. The first kappa shape index (κ1) is 13.0. The summed E-state index contributed by atoms with van der Waals surface area (Å²) in [6, 6.07) is 7.53. The van der Waals surface area contributed by atoms with E-state index in [2.05, 4.69) is 0 Å². The van der Waals surface area contributed by atoms with E-state index in [9.17, 15) is 4.79 Å². The summed E-state index contributed by atoms with van der Waals surface area (Å²) in [5.74, 6) is 0. The minimum absolute atomic E-state index is 0.369. The molecule has 0 aliphatic carbocycles. The van der Waals surface area contributed by atoms with Crippen LogP contribution in [0.5, 0.6) is 0 Å². The van der Waals surface area contributed by atoms with Gasteiger partial charge in [-0.15, -0.1) is 0 Å². The molecular weight excluding hydrogens is 250 g/mol. The maximum absolute atomic E-state index is 12.1. The summed E-state index contributed by atoms with van der Waals surface area (Å²) in [6.07, 6.45) is -0.451. The maximum Gasteiger partial charge on any atom is 0.420 e. The van der Waals surface area contributed by atoms with E-state index >= 15 is 0 Å². The van der Waals surface area contributed by atoms with Gasteiger partial charge in [0.25, 0.3) is 0 Å². The van der Waals surface area contributed by atoms with Gasteiger partial charge in [0.15, 0.2) is 0 Å². The van der Waals surface area contributed by atoms with E-state index in [-0.39, 0.29) is 0 Å². The van der Waals surface area contributed by atoms with Gasteiger partial charge in [0.1, 0.15) is 10.8 Å². The monoisotopic (exact) mass is 265 g/mol. The Hall–Kier alpha value is -1.48. The SMILES string of the molecule is Cc1cccc2c1cc(Cl)n2C(=O)OC(C)(C)C. The van der Waals surface area contributed by atoms with Crippen LogP contribution >= 0.6 is 11.6 Å². The molecule has 0 amide bonds. The average molecular weight is 266 g/mol. The molecular formula is C14H16ClNO2. The summed E-state index contributed by atoms with van der Waals surface area (Å²) in [6.45, 7) is 7.47. The standard InChI is InChI=1S/C14H16ClNO2/c1-9-6-5-7-11-10(9)8-12(15)16(11)13(17)18-14(2,3)4/h5-8H,1-4H3. The summed E-state index contributed by atoms with van der Waals surface area (Å²) in [4.78, 5) is 12.1. The van der Waals surface area contributed by atoms with E-state index < -0.39 is 11.7 Å². The van der Waals surface area contributed by atoms with Gasteiger partial charge in [0.2, 0.25) is 0 Å². The first-order chi connectivity index (χ1) is 8.29. The van der Waals surface area contributed by atoms with E-state index in [4.69, 9.17) is 16.3 Å². The van der Waals surface area contributed by atoms with Crippen molar-refractivity contribution in [1.29, 1.82) is 0 Å². The van der Waals surface area contributed by atoms with Crippen LogP contribution in [0.15, 0.2) is 24.3 Å². The molecule has 2 aromatic rings. The Morgan fingerprint density at radius 2 is 2.00 bits per heavy atom. The molecule has 0 saturated carbocycles.